The monoisotopic (exact) mass is 339 g/mol. The van der Waals surface area contributed by atoms with Crippen LogP contribution in [0.1, 0.15) is 54.1 Å². The minimum Gasteiger partial charge on any atom is -0.477 e. The van der Waals surface area contributed by atoms with Gasteiger partial charge in [0.25, 0.3) is 0 Å². The van der Waals surface area contributed by atoms with Crippen molar-refractivity contribution in [3.63, 3.8) is 0 Å². The van der Waals surface area contributed by atoms with Crippen LogP contribution >= 0.6 is 0 Å². The van der Waals surface area contributed by atoms with E-state index in [2.05, 4.69) is 10.1 Å². The van der Waals surface area contributed by atoms with Gasteiger partial charge in [0.05, 0.1) is 11.9 Å². The third kappa shape index (κ3) is 2.77. The number of halogens is 1. The molecule has 1 aromatic carbocycles. The average molecular weight is 339 g/mol. The smallest absolute Gasteiger partial charge is 0.341 e. The number of fused-ring (bicyclic) bond motifs is 1. The molecule has 1 N–H and O–H groups in total. The molecule has 1 aliphatic carbocycles. The first-order valence-corrected chi connectivity index (χ1v) is 8.51. The van der Waals surface area contributed by atoms with Crippen molar-refractivity contribution >= 4 is 11.6 Å². The van der Waals surface area contributed by atoms with Crippen molar-refractivity contribution in [1.82, 2.24) is 14.6 Å². The van der Waals surface area contributed by atoms with Crippen molar-refractivity contribution in [2.45, 2.75) is 38.0 Å². The van der Waals surface area contributed by atoms with Crippen LogP contribution < -0.4 is 0 Å². The molecule has 25 heavy (non-hydrogen) atoms. The number of aromatic carboxylic acids is 1. The Balaban J connectivity index is 1.95. The summed E-state index contributed by atoms with van der Waals surface area (Å²) in [5, 5.41) is 13.7. The number of aromatic nitrogens is 3. The lowest BCUT2D eigenvalue weighted by molar-refractivity contribution is 0.0698. The van der Waals surface area contributed by atoms with Gasteiger partial charge in [-0.15, -0.1) is 0 Å². The van der Waals surface area contributed by atoms with Gasteiger partial charge in [-0.3, -0.25) is 0 Å². The Morgan fingerprint density at radius 2 is 1.84 bits per heavy atom. The number of hydrogen-bond acceptors (Lipinski definition) is 3. The lowest BCUT2D eigenvalue weighted by atomic mass is 9.84. The Morgan fingerprint density at radius 3 is 2.52 bits per heavy atom. The minimum absolute atomic E-state index is 0.0997. The van der Waals surface area contributed by atoms with Gasteiger partial charge in [-0.2, -0.15) is 5.10 Å². The van der Waals surface area contributed by atoms with Gasteiger partial charge < -0.3 is 5.11 Å². The van der Waals surface area contributed by atoms with Crippen LogP contribution in [-0.4, -0.2) is 25.7 Å². The molecule has 2 heterocycles. The largest absolute Gasteiger partial charge is 0.477 e. The number of rotatable bonds is 3. The van der Waals surface area contributed by atoms with E-state index < -0.39 is 5.97 Å². The van der Waals surface area contributed by atoms with E-state index >= 15 is 0 Å². The number of carboxylic acid groups (broad SMARTS) is 1. The summed E-state index contributed by atoms with van der Waals surface area (Å²) in [6.45, 7) is 0. The zero-order valence-electron chi connectivity index (χ0n) is 13.7. The fourth-order valence-electron chi connectivity index (χ4n) is 3.72. The van der Waals surface area contributed by atoms with E-state index in [1.165, 1.54) is 24.8 Å². The molecular weight excluding hydrogens is 321 g/mol. The molecule has 1 fully saturated rings. The van der Waals surface area contributed by atoms with Crippen molar-refractivity contribution in [3.8, 4) is 11.1 Å². The highest BCUT2D eigenvalue weighted by Gasteiger charge is 2.25. The van der Waals surface area contributed by atoms with Gasteiger partial charge in [-0.05, 0) is 30.5 Å². The van der Waals surface area contributed by atoms with Crippen LogP contribution in [0.3, 0.4) is 0 Å². The molecule has 0 aliphatic heterocycles. The molecule has 0 atom stereocenters. The summed E-state index contributed by atoms with van der Waals surface area (Å²) in [5.41, 5.74) is 3.19. The van der Waals surface area contributed by atoms with Crippen molar-refractivity contribution in [2.75, 3.05) is 0 Å². The van der Waals surface area contributed by atoms with Crippen LogP contribution in [0.5, 0.6) is 0 Å². The Bertz CT molecular complexity index is 928. The maximum Gasteiger partial charge on any atom is 0.341 e. The van der Waals surface area contributed by atoms with E-state index in [1.807, 2.05) is 0 Å². The fraction of sp³-hybridized carbons (Fsp3) is 0.316. The molecule has 0 radical (unpaired) electrons. The summed E-state index contributed by atoms with van der Waals surface area (Å²) in [4.78, 5) is 15.8. The van der Waals surface area contributed by atoms with E-state index in [0.717, 1.165) is 42.5 Å². The Labute approximate surface area is 144 Å². The first-order valence-electron chi connectivity index (χ1n) is 8.51. The molecule has 128 valence electrons. The van der Waals surface area contributed by atoms with Gasteiger partial charge >= 0.3 is 5.97 Å². The highest BCUT2D eigenvalue weighted by Crippen LogP contribution is 2.38. The lowest BCUT2D eigenvalue weighted by Crippen LogP contribution is -2.13. The highest BCUT2D eigenvalue weighted by molar-refractivity contribution is 5.94. The topological polar surface area (TPSA) is 67.5 Å². The van der Waals surface area contributed by atoms with Gasteiger partial charge in [0.1, 0.15) is 11.4 Å². The predicted molar refractivity (Wildman–Crippen MR) is 91.2 cm³/mol. The van der Waals surface area contributed by atoms with Gasteiger partial charge in [-0.25, -0.2) is 18.7 Å². The molecule has 1 saturated carbocycles. The van der Waals surface area contributed by atoms with Crippen LogP contribution in [-0.2, 0) is 0 Å². The molecule has 0 saturated heterocycles. The molecule has 0 amide bonds. The van der Waals surface area contributed by atoms with Crippen LogP contribution in [0.4, 0.5) is 4.39 Å². The van der Waals surface area contributed by atoms with E-state index in [-0.39, 0.29) is 11.4 Å². The minimum atomic E-state index is -1.04. The van der Waals surface area contributed by atoms with E-state index in [4.69, 9.17) is 0 Å². The Morgan fingerprint density at radius 1 is 1.12 bits per heavy atom. The summed E-state index contributed by atoms with van der Waals surface area (Å²) in [6, 6.07) is 6.31. The second kappa shape index (κ2) is 6.27. The van der Waals surface area contributed by atoms with Crippen LogP contribution in [0, 0.1) is 5.82 Å². The van der Waals surface area contributed by atoms with E-state index in [0.29, 0.717) is 11.6 Å². The molecule has 0 bridgehead atoms. The summed E-state index contributed by atoms with van der Waals surface area (Å²) in [5.74, 6) is -1.03. The zero-order chi connectivity index (χ0) is 17.4. The molecule has 5 nitrogen and oxygen atoms in total. The standard InChI is InChI=1S/C19H18FN3O2/c20-14-8-6-12(7-9-14)15-10-21-18-16(19(24)25)11-22-23(18)17(15)13-4-2-1-3-5-13/h6-11,13H,1-5H2,(H,24,25). The Hall–Kier alpha value is -2.76. The van der Waals surface area contributed by atoms with E-state index in [9.17, 15) is 14.3 Å². The molecule has 2 aromatic heterocycles. The number of nitrogens with zero attached hydrogens (tertiary/aromatic N) is 3. The second-order valence-electron chi connectivity index (χ2n) is 6.50. The lowest BCUT2D eigenvalue weighted by Gasteiger charge is -2.24. The highest BCUT2D eigenvalue weighted by atomic mass is 19.1. The van der Waals surface area contributed by atoms with Gasteiger partial charge in [0.15, 0.2) is 5.65 Å². The van der Waals surface area contributed by atoms with Crippen molar-refractivity contribution in [2.24, 2.45) is 0 Å². The molecular formula is C19H18FN3O2. The normalized spacial score (nSPS) is 15.6. The molecule has 6 heteroatoms. The van der Waals surface area contributed by atoms with Gasteiger partial charge in [0.2, 0.25) is 0 Å². The SMILES string of the molecule is O=C(O)c1cnn2c(C3CCCCC3)c(-c3ccc(F)cc3)cnc12. The van der Waals surface area contributed by atoms with E-state index in [1.54, 1.807) is 22.8 Å². The maximum atomic E-state index is 13.3. The first-order chi connectivity index (χ1) is 12.1. The van der Waals surface area contributed by atoms with Crippen molar-refractivity contribution in [3.05, 3.63) is 53.7 Å². The molecule has 0 spiro atoms. The molecule has 3 aromatic rings. The molecule has 1 aliphatic rings. The number of carboxylic acids is 1. The third-order valence-electron chi connectivity index (χ3n) is 4.94. The summed E-state index contributed by atoms with van der Waals surface area (Å²) < 4.78 is 15.0. The molecule has 4 rings (SSSR count). The zero-order valence-corrected chi connectivity index (χ0v) is 13.7. The van der Waals surface area contributed by atoms with Crippen LogP contribution in [0.15, 0.2) is 36.7 Å². The predicted octanol–water partition coefficient (Wildman–Crippen LogP) is 4.28. The van der Waals surface area contributed by atoms with Crippen LogP contribution in [0.2, 0.25) is 0 Å². The number of carbonyl (C=O) groups is 1. The van der Waals surface area contributed by atoms with Crippen LogP contribution in [0.25, 0.3) is 16.8 Å². The first kappa shape index (κ1) is 15.7. The van der Waals surface area contributed by atoms with Gasteiger partial charge in [0, 0.05) is 17.7 Å². The second-order valence-corrected chi connectivity index (χ2v) is 6.50. The van der Waals surface area contributed by atoms with Crippen molar-refractivity contribution in [1.29, 1.82) is 0 Å². The molecule has 0 unspecified atom stereocenters. The summed E-state index contributed by atoms with van der Waals surface area (Å²) >= 11 is 0. The average Bonchev–Trinajstić information content (AvgIpc) is 3.06. The quantitative estimate of drug-likeness (QED) is 0.773. The third-order valence-corrected chi connectivity index (χ3v) is 4.94. The van der Waals surface area contributed by atoms with Crippen molar-refractivity contribution < 1.29 is 14.3 Å². The maximum absolute atomic E-state index is 13.3. The summed E-state index contributed by atoms with van der Waals surface area (Å²) in [6.07, 6.45) is 8.63. The van der Waals surface area contributed by atoms with Gasteiger partial charge in [-0.1, -0.05) is 31.4 Å². The summed E-state index contributed by atoms with van der Waals surface area (Å²) in [7, 11) is 0. The number of benzene rings is 1. The fourth-order valence-corrected chi connectivity index (χ4v) is 3.72. The number of hydrogen-bond donors (Lipinski definition) is 1. The Kier molecular flexibility index (Phi) is 3.95.